The summed E-state index contributed by atoms with van der Waals surface area (Å²) in [6, 6.07) is 11.9. The Morgan fingerprint density at radius 2 is 1.97 bits per heavy atom. The van der Waals surface area contributed by atoms with E-state index in [0.717, 1.165) is 17.0 Å². The predicted octanol–water partition coefficient (Wildman–Crippen LogP) is 5.38. The van der Waals surface area contributed by atoms with Gasteiger partial charge in [-0.25, -0.2) is 14.1 Å². The molecule has 0 spiro atoms. The molecule has 1 aliphatic heterocycles. The Morgan fingerprint density at radius 1 is 1.13 bits per heavy atom. The molecule has 1 aliphatic rings. The summed E-state index contributed by atoms with van der Waals surface area (Å²) in [5.41, 5.74) is 0.956. The van der Waals surface area contributed by atoms with E-state index in [0.29, 0.717) is 48.4 Å². The minimum Gasteiger partial charge on any atom is -0.352 e. The van der Waals surface area contributed by atoms with Crippen molar-refractivity contribution in [2.45, 2.75) is 31.5 Å². The fourth-order valence-corrected chi connectivity index (χ4v) is 4.16. The number of H-pyrrole nitrogens is 1. The van der Waals surface area contributed by atoms with Crippen molar-refractivity contribution >= 4 is 10.9 Å². The highest BCUT2D eigenvalue weighted by Gasteiger charge is 2.38. The third-order valence-corrected chi connectivity index (χ3v) is 5.56. The first-order valence-electron chi connectivity index (χ1n) is 9.68. The van der Waals surface area contributed by atoms with Gasteiger partial charge in [0, 0.05) is 23.4 Å². The van der Waals surface area contributed by atoms with Gasteiger partial charge in [-0.1, -0.05) is 6.07 Å². The molecule has 1 N–H and O–H groups in total. The molecule has 0 fully saturated rings. The summed E-state index contributed by atoms with van der Waals surface area (Å²) in [4.78, 5) is 7.75. The van der Waals surface area contributed by atoms with Crippen molar-refractivity contribution in [3.63, 3.8) is 0 Å². The Balaban J connectivity index is 1.59. The average molecular weight is 425 g/mol. The Kier molecular flexibility index (Phi) is 4.32. The van der Waals surface area contributed by atoms with Gasteiger partial charge < -0.3 is 4.98 Å². The number of nitrogens with one attached hydrogen (secondary N) is 1. The lowest BCUT2D eigenvalue weighted by atomic mass is 9.87. The van der Waals surface area contributed by atoms with Crippen molar-refractivity contribution in [1.82, 2.24) is 19.7 Å². The van der Waals surface area contributed by atoms with Gasteiger partial charge in [-0.05, 0) is 54.8 Å². The number of nitriles is 1. The Bertz CT molecular complexity index is 1340. The van der Waals surface area contributed by atoms with E-state index in [2.05, 4.69) is 21.1 Å². The second-order valence-corrected chi connectivity index (χ2v) is 7.54. The van der Waals surface area contributed by atoms with Crippen molar-refractivity contribution in [2.75, 3.05) is 0 Å². The quantitative estimate of drug-likeness (QED) is 0.438. The van der Waals surface area contributed by atoms with E-state index in [1.54, 1.807) is 22.9 Å². The van der Waals surface area contributed by atoms with E-state index < -0.39 is 23.5 Å². The summed E-state index contributed by atoms with van der Waals surface area (Å²) in [5.74, 6) is -0.771. The smallest absolute Gasteiger partial charge is 0.352 e. The zero-order valence-electron chi connectivity index (χ0n) is 16.0. The highest BCUT2D eigenvalue weighted by Crippen LogP contribution is 2.41. The lowest BCUT2D eigenvalue weighted by Gasteiger charge is -2.25. The van der Waals surface area contributed by atoms with E-state index in [1.807, 2.05) is 6.07 Å². The van der Waals surface area contributed by atoms with Crippen LogP contribution < -0.4 is 0 Å². The third kappa shape index (κ3) is 3.34. The van der Waals surface area contributed by atoms with E-state index in [4.69, 9.17) is 5.26 Å². The molecular formula is C22H15F4N5. The summed E-state index contributed by atoms with van der Waals surface area (Å²) in [6.45, 7) is 0.542. The van der Waals surface area contributed by atoms with Crippen LogP contribution in [0.5, 0.6) is 0 Å². The molecular weight excluding hydrogens is 410 g/mol. The third-order valence-electron chi connectivity index (χ3n) is 5.56. The lowest BCUT2D eigenvalue weighted by molar-refractivity contribution is -0.138. The molecule has 0 amide bonds. The van der Waals surface area contributed by atoms with Gasteiger partial charge in [0.2, 0.25) is 0 Å². The Morgan fingerprint density at radius 3 is 2.74 bits per heavy atom. The van der Waals surface area contributed by atoms with Crippen molar-refractivity contribution in [3.05, 3.63) is 70.8 Å². The standard InChI is InChI=1S/C22H15F4N5/c23-14-4-5-15(17(10-14)22(24,25)26)16-2-1-7-31-21(16)29-20(30-31)19-9-13-8-12(11-27)3-6-18(13)28-19/h3-6,8-10,16,28H,1-2,7H2. The van der Waals surface area contributed by atoms with Crippen LogP contribution in [-0.4, -0.2) is 19.7 Å². The Labute approximate surface area is 174 Å². The Hall–Kier alpha value is -3.67. The number of fused-ring (bicyclic) bond motifs is 2. The van der Waals surface area contributed by atoms with Crippen LogP contribution in [0.2, 0.25) is 0 Å². The minimum absolute atomic E-state index is 0.00380. The van der Waals surface area contributed by atoms with Crippen LogP contribution in [0.25, 0.3) is 22.4 Å². The van der Waals surface area contributed by atoms with Crippen LogP contribution in [0.1, 0.15) is 41.3 Å². The number of aromatic amines is 1. The molecule has 1 atom stereocenters. The van der Waals surface area contributed by atoms with E-state index in [-0.39, 0.29) is 5.56 Å². The number of nitrogens with zero attached hydrogens (tertiary/aromatic N) is 4. The molecule has 0 radical (unpaired) electrons. The van der Waals surface area contributed by atoms with Crippen molar-refractivity contribution in [3.8, 4) is 17.6 Å². The number of rotatable bonds is 2. The summed E-state index contributed by atoms with van der Waals surface area (Å²) in [7, 11) is 0. The number of halogens is 4. The van der Waals surface area contributed by atoms with Gasteiger partial charge in [-0.2, -0.15) is 18.4 Å². The molecule has 4 aromatic rings. The summed E-state index contributed by atoms with van der Waals surface area (Å²) < 4.78 is 55.9. The van der Waals surface area contributed by atoms with Crippen LogP contribution >= 0.6 is 0 Å². The molecule has 3 heterocycles. The van der Waals surface area contributed by atoms with Crippen LogP contribution in [-0.2, 0) is 12.7 Å². The molecule has 0 aliphatic carbocycles. The topological polar surface area (TPSA) is 70.3 Å². The van der Waals surface area contributed by atoms with Crippen molar-refractivity contribution < 1.29 is 17.6 Å². The van der Waals surface area contributed by atoms with Crippen LogP contribution in [0.3, 0.4) is 0 Å². The number of aromatic nitrogens is 4. The monoisotopic (exact) mass is 425 g/mol. The molecule has 9 heteroatoms. The first-order chi connectivity index (χ1) is 14.8. The average Bonchev–Trinajstić information content (AvgIpc) is 3.36. The zero-order valence-corrected chi connectivity index (χ0v) is 16.0. The number of hydrogen-bond acceptors (Lipinski definition) is 3. The molecule has 2 aromatic carbocycles. The van der Waals surface area contributed by atoms with Gasteiger partial charge in [0.05, 0.1) is 22.9 Å². The number of aryl methyl sites for hydroxylation is 1. The molecule has 1 unspecified atom stereocenters. The molecule has 5 rings (SSSR count). The number of benzene rings is 2. The molecule has 0 saturated carbocycles. The van der Waals surface area contributed by atoms with Gasteiger partial charge in [0.15, 0.2) is 5.82 Å². The van der Waals surface area contributed by atoms with E-state index in [9.17, 15) is 17.6 Å². The van der Waals surface area contributed by atoms with E-state index in [1.165, 1.54) is 6.07 Å². The van der Waals surface area contributed by atoms with Crippen LogP contribution in [0.15, 0.2) is 42.5 Å². The number of hydrogen-bond donors (Lipinski definition) is 1. The first kappa shape index (κ1) is 19.3. The zero-order chi connectivity index (χ0) is 21.8. The highest BCUT2D eigenvalue weighted by atomic mass is 19.4. The van der Waals surface area contributed by atoms with Crippen molar-refractivity contribution in [1.29, 1.82) is 5.26 Å². The van der Waals surface area contributed by atoms with Gasteiger partial charge in [0.1, 0.15) is 11.6 Å². The van der Waals surface area contributed by atoms with Crippen LogP contribution in [0, 0.1) is 17.1 Å². The second-order valence-electron chi connectivity index (χ2n) is 7.54. The largest absolute Gasteiger partial charge is 0.416 e. The molecule has 0 saturated heterocycles. The highest BCUT2D eigenvalue weighted by molar-refractivity contribution is 5.85. The fraction of sp³-hybridized carbons (Fsp3) is 0.227. The van der Waals surface area contributed by atoms with Crippen molar-refractivity contribution in [2.24, 2.45) is 0 Å². The minimum atomic E-state index is -4.67. The fourth-order valence-electron chi connectivity index (χ4n) is 4.16. The van der Waals surface area contributed by atoms with Crippen LogP contribution in [0.4, 0.5) is 17.6 Å². The maximum Gasteiger partial charge on any atom is 0.416 e. The molecule has 156 valence electrons. The first-order valence-corrected chi connectivity index (χ1v) is 9.68. The molecule has 5 nitrogen and oxygen atoms in total. The van der Waals surface area contributed by atoms with Gasteiger partial charge in [0.25, 0.3) is 0 Å². The van der Waals surface area contributed by atoms with Gasteiger partial charge >= 0.3 is 6.18 Å². The van der Waals surface area contributed by atoms with Gasteiger partial charge in [-0.3, -0.25) is 0 Å². The lowest BCUT2D eigenvalue weighted by Crippen LogP contribution is -2.21. The summed E-state index contributed by atoms with van der Waals surface area (Å²) in [5, 5.41) is 14.4. The molecule has 2 aromatic heterocycles. The molecule has 0 bridgehead atoms. The summed E-state index contributed by atoms with van der Waals surface area (Å²) in [6.07, 6.45) is -3.57. The SMILES string of the molecule is N#Cc1ccc2[nH]c(-c3nc4n(n3)CCCC4c3ccc(F)cc3C(F)(F)F)cc2c1. The second kappa shape index (κ2) is 6.94. The summed E-state index contributed by atoms with van der Waals surface area (Å²) >= 11 is 0. The van der Waals surface area contributed by atoms with E-state index >= 15 is 0 Å². The maximum absolute atomic E-state index is 13.6. The van der Waals surface area contributed by atoms with Gasteiger partial charge in [-0.15, -0.1) is 5.10 Å². The molecule has 31 heavy (non-hydrogen) atoms. The maximum atomic E-state index is 13.6. The predicted molar refractivity (Wildman–Crippen MR) is 105 cm³/mol. The number of alkyl halides is 3. The normalized spacial score (nSPS) is 16.3.